The zero-order chi connectivity index (χ0) is 13.9. The van der Waals surface area contributed by atoms with Gasteiger partial charge in [-0.1, -0.05) is 25.4 Å². The monoisotopic (exact) mass is 272 g/mol. The molecule has 0 aliphatic rings. The lowest BCUT2D eigenvalue weighted by Crippen LogP contribution is -2.40. The molecule has 7 nitrogen and oxygen atoms in total. The predicted octanol–water partition coefficient (Wildman–Crippen LogP) is 0.00750. The van der Waals surface area contributed by atoms with Crippen LogP contribution in [0.2, 0.25) is 5.15 Å². The summed E-state index contributed by atoms with van der Waals surface area (Å²) in [5.74, 6) is -0.293. The quantitative estimate of drug-likeness (QED) is 0.610. The van der Waals surface area contributed by atoms with Crippen LogP contribution in [0.15, 0.2) is 0 Å². The van der Waals surface area contributed by atoms with Gasteiger partial charge in [-0.25, -0.2) is 9.97 Å². The summed E-state index contributed by atoms with van der Waals surface area (Å²) in [6.07, 6.45) is 0. The van der Waals surface area contributed by atoms with Gasteiger partial charge in [0.25, 0.3) is 5.91 Å². The number of hydrogen-bond acceptors (Lipinski definition) is 6. The second-order valence-electron chi connectivity index (χ2n) is 4.25. The fraction of sp³-hybridized carbons (Fsp3) is 0.500. The summed E-state index contributed by atoms with van der Waals surface area (Å²) in [6, 6.07) is -0.146. The molecule has 0 fully saturated rings. The van der Waals surface area contributed by atoms with Gasteiger partial charge in [-0.2, -0.15) is 0 Å². The minimum atomic E-state index is -0.474. The predicted molar refractivity (Wildman–Crippen MR) is 71.0 cm³/mol. The molecular formula is C10H17ClN6O. The van der Waals surface area contributed by atoms with Crippen LogP contribution in [0.5, 0.6) is 0 Å². The fourth-order valence-electron chi connectivity index (χ4n) is 1.14. The van der Waals surface area contributed by atoms with E-state index >= 15 is 0 Å². The molecule has 0 aliphatic carbocycles. The van der Waals surface area contributed by atoms with Crippen molar-refractivity contribution in [3.63, 3.8) is 0 Å². The first-order chi connectivity index (χ1) is 8.32. The molecule has 0 spiro atoms. The number of hydrogen-bond donors (Lipinski definition) is 4. The van der Waals surface area contributed by atoms with E-state index in [1.54, 1.807) is 0 Å². The molecule has 0 saturated heterocycles. The zero-order valence-corrected chi connectivity index (χ0v) is 11.0. The van der Waals surface area contributed by atoms with E-state index < -0.39 is 5.91 Å². The molecule has 0 radical (unpaired) electrons. The summed E-state index contributed by atoms with van der Waals surface area (Å²) < 4.78 is 0. The Morgan fingerprint density at radius 3 is 2.50 bits per heavy atom. The number of nitrogens with two attached hydrogens (primary N) is 3. The van der Waals surface area contributed by atoms with Gasteiger partial charge in [0.1, 0.15) is 0 Å². The van der Waals surface area contributed by atoms with Crippen LogP contribution in [-0.2, 0) is 0 Å². The molecule has 1 amide bonds. The van der Waals surface area contributed by atoms with E-state index in [1.807, 2.05) is 13.8 Å². The summed E-state index contributed by atoms with van der Waals surface area (Å²) in [4.78, 5) is 19.3. The van der Waals surface area contributed by atoms with E-state index in [1.165, 1.54) is 0 Å². The highest BCUT2D eigenvalue weighted by atomic mass is 35.5. The fourth-order valence-corrected chi connectivity index (χ4v) is 1.27. The smallest absolute Gasteiger partial charge is 0.273 e. The minimum absolute atomic E-state index is 0.00963. The number of anilines is 2. The van der Waals surface area contributed by atoms with Crippen molar-refractivity contribution in [3.8, 4) is 0 Å². The highest BCUT2D eigenvalue weighted by Crippen LogP contribution is 2.17. The van der Waals surface area contributed by atoms with E-state index in [-0.39, 0.29) is 34.4 Å². The van der Waals surface area contributed by atoms with Gasteiger partial charge >= 0.3 is 0 Å². The first-order valence-electron chi connectivity index (χ1n) is 5.45. The van der Waals surface area contributed by atoms with Crippen molar-refractivity contribution < 1.29 is 4.79 Å². The number of aromatic nitrogens is 2. The highest BCUT2D eigenvalue weighted by molar-refractivity contribution is 6.31. The molecule has 18 heavy (non-hydrogen) atoms. The molecule has 1 atom stereocenters. The first kappa shape index (κ1) is 14.5. The van der Waals surface area contributed by atoms with Crippen LogP contribution in [0.4, 0.5) is 11.6 Å². The standard InChI is InChI=1S/C10H17ClN6O/c1-4(2)5(12)3-15-10(18)6-8(13)17-9(14)7(11)16-6/h4-5H,3,12H2,1-2H3,(H,15,18)(H4,13,14,17)/t5-/m0/s1. The van der Waals surface area contributed by atoms with Crippen LogP contribution in [-0.4, -0.2) is 28.5 Å². The summed E-state index contributed by atoms with van der Waals surface area (Å²) in [5, 5.41) is 2.57. The first-order valence-corrected chi connectivity index (χ1v) is 5.83. The Hall–Kier alpha value is -1.60. The number of halogens is 1. The van der Waals surface area contributed by atoms with E-state index in [9.17, 15) is 4.79 Å². The van der Waals surface area contributed by atoms with Crippen LogP contribution in [0.3, 0.4) is 0 Å². The molecular weight excluding hydrogens is 256 g/mol. The Balaban J connectivity index is 2.76. The normalized spacial score (nSPS) is 12.5. The van der Waals surface area contributed by atoms with Crippen molar-refractivity contribution in [2.45, 2.75) is 19.9 Å². The Bertz CT molecular complexity index is 450. The van der Waals surface area contributed by atoms with Crippen molar-refractivity contribution in [2.24, 2.45) is 11.7 Å². The third kappa shape index (κ3) is 3.44. The lowest BCUT2D eigenvalue weighted by Gasteiger charge is -2.16. The Labute approximate surface area is 110 Å². The third-order valence-corrected chi connectivity index (χ3v) is 2.75. The van der Waals surface area contributed by atoms with E-state index in [0.717, 1.165) is 0 Å². The van der Waals surface area contributed by atoms with Gasteiger partial charge in [-0.05, 0) is 5.92 Å². The largest absolute Gasteiger partial charge is 0.382 e. The average Bonchev–Trinajstić information content (AvgIpc) is 2.30. The molecule has 1 aromatic heterocycles. The summed E-state index contributed by atoms with van der Waals surface area (Å²) in [6.45, 7) is 4.25. The molecule has 0 saturated carbocycles. The molecule has 0 unspecified atom stereocenters. The van der Waals surface area contributed by atoms with Crippen LogP contribution >= 0.6 is 11.6 Å². The number of nitrogens with zero attached hydrogens (tertiary/aromatic N) is 2. The SMILES string of the molecule is CC(C)[C@@H](N)CNC(=O)c1nc(Cl)c(N)nc1N. The summed E-state index contributed by atoms with van der Waals surface area (Å²) in [5.41, 5.74) is 16.7. The molecule has 0 aromatic carbocycles. The molecule has 0 aliphatic heterocycles. The van der Waals surface area contributed by atoms with Crippen LogP contribution in [0.25, 0.3) is 0 Å². The molecule has 1 aromatic rings. The maximum Gasteiger partial charge on any atom is 0.273 e. The maximum absolute atomic E-state index is 11.8. The van der Waals surface area contributed by atoms with Gasteiger partial charge < -0.3 is 22.5 Å². The second-order valence-corrected chi connectivity index (χ2v) is 4.61. The number of carbonyl (C=O) groups is 1. The van der Waals surface area contributed by atoms with E-state index in [2.05, 4.69) is 15.3 Å². The number of rotatable bonds is 4. The van der Waals surface area contributed by atoms with Gasteiger partial charge in [0.05, 0.1) is 0 Å². The Kier molecular flexibility index (Phi) is 4.69. The van der Waals surface area contributed by atoms with Gasteiger partial charge in [0.15, 0.2) is 22.5 Å². The summed E-state index contributed by atoms with van der Waals surface area (Å²) >= 11 is 5.68. The number of nitrogen functional groups attached to an aromatic ring is 2. The molecule has 100 valence electrons. The van der Waals surface area contributed by atoms with Crippen molar-refractivity contribution in [2.75, 3.05) is 18.0 Å². The van der Waals surface area contributed by atoms with Crippen molar-refractivity contribution >= 4 is 29.1 Å². The van der Waals surface area contributed by atoms with Crippen molar-refractivity contribution in [1.82, 2.24) is 15.3 Å². The molecule has 1 rings (SSSR count). The lowest BCUT2D eigenvalue weighted by molar-refractivity contribution is 0.0945. The second kappa shape index (κ2) is 5.83. The van der Waals surface area contributed by atoms with Crippen molar-refractivity contribution in [1.29, 1.82) is 0 Å². The summed E-state index contributed by atoms with van der Waals surface area (Å²) in [7, 11) is 0. The Morgan fingerprint density at radius 1 is 1.33 bits per heavy atom. The van der Waals surface area contributed by atoms with Crippen LogP contribution < -0.4 is 22.5 Å². The van der Waals surface area contributed by atoms with Gasteiger partial charge in [0.2, 0.25) is 0 Å². The average molecular weight is 273 g/mol. The maximum atomic E-state index is 11.8. The van der Waals surface area contributed by atoms with Crippen LogP contribution in [0.1, 0.15) is 24.3 Å². The van der Waals surface area contributed by atoms with Gasteiger partial charge in [0, 0.05) is 12.6 Å². The molecule has 0 bridgehead atoms. The number of amides is 1. The van der Waals surface area contributed by atoms with E-state index in [4.69, 9.17) is 28.8 Å². The topological polar surface area (TPSA) is 133 Å². The third-order valence-electron chi connectivity index (χ3n) is 2.47. The molecule has 8 heteroatoms. The van der Waals surface area contributed by atoms with Crippen LogP contribution in [0, 0.1) is 5.92 Å². The van der Waals surface area contributed by atoms with E-state index in [0.29, 0.717) is 6.54 Å². The molecule has 1 heterocycles. The highest BCUT2D eigenvalue weighted by Gasteiger charge is 2.17. The zero-order valence-electron chi connectivity index (χ0n) is 10.3. The van der Waals surface area contributed by atoms with Gasteiger partial charge in [-0.3, -0.25) is 4.79 Å². The molecule has 7 N–H and O–H groups in total. The minimum Gasteiger partial charge on any atom is -0.382 e. The lowest BCUT2D eigenvalue weighted by atomic mass is 10.1. The number of nitrogens with one attached hydrogen (secondary N) is 1. The van der Waals surface area contributed by atoms with Crippen molar-refractivity contribution in [3.05, 3.63) is 10.8 Å². The van der Waals surface area contributed by atoms with Gasteiger partial charge in [-0.15, -0.1) is 0 Å². The Morgan fingerprint density at radius 2 is 1.94 bits per heavy atom. The number of carbonyl (C=O) groups excluding carboxylic acids is 1.